The van der Waals surface area contributed by atoms with E-state index in [-0.39, 0.29) is 12.1 Å². The molecule has 1 aliphatic rings. The largest absolute Gasteiger partial charge is 0.444 e. The van der Waals surface area contributed by atoms with Crippen LogP contribution in [0.1, 0.15) is 27.2 Å². The van der Waals surface area contributed by atoms with Crippen LogP contribution < -0.4 is 5.32 Å². The molecule has 0 aliphatic carbocycles. The smallest absolute Gasteiger partial charge is 0.410 e. The maximum Gasteiger partial charge on any atom is 0.410 e. The summed E-state index contributed by atoms with van der Waals surface area (Å²) in [6, 6.07) is 0.282. The van der Waals surface area contributed by atoms with Crippen LogP contribution in [0.15, 0.2) is 0 Å². The third kappa shape index (κ3) is 3.18. The molecule has 1 N–H and O–H groups in total. The van der Waals surface area contributed by atoms with E-state index in [0.29, 0.717) is 0 Å². The highest BCUT2D eigenvalue weighted by Crippen LogP contribution is 2.13. The van der Waals surface area contributed by atoms with Crippen LogP contribution in [0.5, 0.6) is 0 Å². The Hall–Kier alpha value is -0.770. The molecule has 0 bridgehead atoms. The van der Waals surface area contributed by atoms with E-state index in [1.165, 1.54) is 0 Å². The second kappa shape index (κ2) is 4.17. The molecule has 14 heavy (non-hydrogen) atoms. The highest BCUT2D eigenvalue weighted by molar-refractivity contribution is 5.68. The van der Waals surface area contributed by atoms with Crippen LogP contribution in [0.4, 0.5) is 4.79 Å². The standard InChI is InChI=1S/C10H20N2O2/c1-10(2,3)14-9(13)12(4)8-5-6-11-7-8/h8,11H,5-7H2,1-4H3/t8-/m0/s1. The number of carbonyl (C=O) groups excluding carboxylic acids is 1. The minimum absolute atomic E-state index is 0.230. The Morgan fingerprint density at radius 3 is 2.57 bits per heavy atom. The van der Waals surface area contributed by atoms with Crippen molar-refractivity contribution in [1.29, 1.82) is 0 Å². The van der Waals surface area contributed by atoms with Gasteiger partial charge in [0.2, 0.25) is 0 Å². The highest BCUT2D eigenvalue weighted by atomic mass is 16.6. The van der Waals surface area contributed by atoms with Gasteiger partial charge < -0.3 is 15.0 Å². The first-order valence-corrected chi connectivity index (χ1v) is 5.06. The van der Waals surface area contributed by atoms with Crippen LogP contribution in [-0.4, -0.2) is 42.8 Å². The Kier molecular flexibility index (Phi) is 3.37. The Morgan fingerprint density at radius 2 is 2.14 bits per heavy atom. The molecule has 1 heterocycles. The van der Waals surface area contributed by atoms with Gasteiger partial charge in [-0.05, 0) is 33.7 Å². The van der Waals surface area contributed by atoms with Gasteiger partial charge in [0, 0.05) is 19.6 Å². The molecule has 0 radical (unpaired) electrons. The molecule has 0 aromatic carbocycles. The summed E-state index contributed by atoms with van der Waals surface area (Å²) in [6.07, 6.45) is 0.779. The summed E-state index contributed by atoms with van der Waals surface area (Å²) in [7, 11) is 1.80. The lowest BCUT2D eigenvalue weighted by Crippen LogP contribution is -2.41. The SMILES string of the molecule is CN(C(=O)OC(C)(C)C)[C@H]1CCNC1. The fourth-order valence-corrected chi connectivity index (χ4v) is 1.45. The number of hydrogen-bond donors (Lipinski definition) is 1. The van der Waals surface area contributed by atoms with Crippen LogP contribution in [0.2, 0.25) is 0 Å². The third-order valence-electron chi connectivity index (χ3n) is 2.26. The van der Waals surface area contributed by atoms with Gasteiger partial charge in [-0.3, -0.25) is 0 Å². The van der Waals surface area contributed by atoms with Gasteiger partial charge in [-0.15, -0.1) is 0 Å². The van der Waals surface area contributed by atoms with Gasteiger partial charge >= 0.3 is 6.09 Å². The fourth-order valence-electron chi connectivity index (χ4n) is 1.45. The Balaban J connectivity index is 2.43. The van der Waals surface area contributed by atoms with E-state index in [9.17, 15) is 4.79 Å². The molecule has 82 valence electrons. The molecule has 4 heteroatoms. The third-order valence-corrected chi connectivity index (χ3v) is 2.26. The molecule has 0 spiro atoms. The average Bonchev–Trinajstić information content (AvgIpc) is 2.51. The van der Waals surface area contributed by atoms with E-state index in [1.807, 2.05) is 20.8 Å². The number of rotatable bonds is 1. The molecule has 0 aromatic rings. The van der Waals surface area contributed by atoms with Gasteiger partial charge in [-0.25, -0.2) is 4.79 Å². The maximum atomic E-state index is 11.6. The first kappa shape index (κ1) is 11.3. The van der Waals surface area contributed by atoms with E-state index < -0.39 is 5.60 Å². The molecule has 0 saturated carbocycles. The molecular formula is C10H20N2O2. The van der Waals surface area contributed by atoms with Gasteiger partial charge in [-0.1, -0.05) is 0 Å². The normalized spacial score (nSPS) is 22.1. The van der Waals surface area contributed by atoms with Crippen molar-refractivity contribution in [2.24, 2.45) is 0 Å². The van der Waals surface area contributed by atoms with Gasteiger partial charge in [0.25, 0.3) is 0 Å². The molecule has 4 nitrogen and oxygen atoms in total. The number of carbonyl (C=O) groups is 1. The summed E-state index contributed by atoms with van der Waals surface area (Å²) in [5.41, 5.74) is -0.405. The zero-order chi connectivity index (χ0) is 10.8. The monoisotopic (exact) mass is 200 g/mol. The Morgan fingerprint density at radius 1 is 1.50 bits per heavy atom. The van der Waals surface area contributed by atoms with Crippen molar-refractivity contribution >= 4 is 6.09 Å². The van der Waals surface area contributed by atoms with Crippen LogP contribution in [0.25, 0.3) is 0 Å². The second-order valence-corrected chi connectivity index (χ2v) is 4.74. The summed E-state index contributed by atoms with van der Waals surface area (Å²) in [4.78, 5) is 13.3. The fraction of sp³-hybridized carbons (Fsp3) is 0.900. The van der Waals surface area contributed by atoms with Crippen molar-refractivity contribution in [1.82, 2.24) is 10.2 Å². The van der Waals surface area contributed by atoms with Crippen LogP contribution in [0.3, 0.4) is 0 Å². The molecule has 1 atom stereocenters. The van der Waals surface area contributed by atoms with Crippen molar-refractivity contribution in [3.63, 3.8) is 0 Å². The molecule has 1 rings (SSSR count). The highest BCUT2D eigenvalue weighted by Gasteiger charge is 2.26. The molecule has 0 unspecified atom stereocenters. The first-order valence-electron chi connectivity index (χ1n) is 5.06. The first-order chi connectivity index (χ1) is 6.40. The van der Waals surface area contributed by atoms with E-state index in [0.717, 1.165) is 19.5 Å². The maximum absolute atomic E-state index is 11.6. The number of likely N-dealkylation sites (N-methyl/N-ethyl adjacent to an activating group) is 1. The zero-order valence-corrected chi connectivity index (χ0v) is 9.46. The molecule has 1 fully saturated rings. The van der Waals surface area contributed by atoms with E-state index >= 15 is 0 Å². The minimum atomic E-state index is -0.405. The van der Waals surface area contributed by atoms with E-state index in [1.54, 1.807) is 11.9 Å². The van der Waals surface area contributed by atoms with Crippen molar-refractivity contribution in [3.8, 4) is 0 Å². The van der Waals surface area contributed by atoms with Crippen molar-refractivity contribution in [2.75, 3.05) is 20.1 Å². The predicted octanol–water partition coefficient (Wildman–Crippen LogP) is 1.22. The van der Waals surface area contributed by atoms with Gasteiger partial charge in [0.05, 0.1) is 0 Å². The van der Waals surface area contributed by atoms with Crippen molar-refractivity contribution in [2.45, 2.75) is 38.8 Å². The molecular weight excluding hydrogens is 180 g/mol. The summed E-state index contributed by atoms with van der Waals surface area (Å²) < 4.78 is 5.27. The molecule has 1 amide bonds. The summed E-state index contributed by atoms with van der Waals surface area (Å²) in [5, 5.41) is 3.22. The van der Waals surface area contributed by atoms with Crippen LogP contribution in [0, 0.1) is 0 Å². The quantitative estimate of drug-likeness (QED) is 0.692. The van der Waals surface area contributed by atoms with Crippen LogP contribution in [-0.2, 0) is 4.74 Å². The number of ether oxygens (including phenoxy) is 1. The van der Waals surface area contributed by atoms with Crippen molar-refractivity contribution < 1.29 is 9.53 Å². The van der Waals surface area contributed by atoms with Gasteiger partial charge in [0.1, 0.15) is 5.60 Å². The summed E-state index contributed by atoms with van der Waals surface area (Å²) >= 11 is 0. The zero-order valence-electron chi connectivity index (χ0n) is 9.46. The van der Waals surface area contributed by atoms with Crippen molar-refractivity contribution in [3.05, 3.63) is 0 Å². The number of nitrogens with one attached hydrogen (secondary N) is 1. The number of amides is 1. The predicted molar refractivity (Wildman–Crippen MR) is 55.3 cm³/mol. The topological polar surface area (TPSA) is 41.6 Å². The lowest BCUT2D eigenvalue weighted by molar-refractivity contribution is 0.0236. The molecule has 0 aromatic heterocycles. The van der Waals surface area contributed by atoms with Gasteiger partial charge in [-0.2, -0.15) is 0 Å². The van der Waals surface area contributed by atoms with E-state index in [4.69, 9.17) is 4.74 Å². The minimum Gasteiger partial charge on any atom is -0.444 e. The Bertz CT molecular complexity index is 205. The Labute approximate surface area is 85.6 Å². The molecule has 1 aliphatic heterocycles. The van der Waals surface area contributed by atoms with Gasteiger partial charge in [0.15, 0.2) is 0 Å². The summed E-state index contributed by atoms with van der Waals surface area (Å²) in [5.74, 6) is 0. The number of hydrogen-bond acceptors (Lipinski definition) is 3. The summed E-state index contributed by atoms with van der Waals surface area (Å²) in [6.45, 7) is 7.50. The van der Waals surface area contributed by atoms with E-state index in [2.05, 4.69) is 5.32 Å². The average molecular weight is 200 g/mol. The number of nitrogens with zero attached hydrogens (tertiary/aromatic N) is 1. The molecule has 1 saturated heterocycles. The lowest BCUT2D eigenvalue weighted by atomic mass is 10.2. The lowest BCUT2D eigenvalue weighted by Gasteiger charge is -2.28. The second-order valence-electron chi connectivity index (χ2n) is 4.74. The van der Waals surface area contributed by atoms with Crippen LogP contribution >= 0.6 is 0 Å².